The van der Waals surface area contributed by atoms with Crippen LogP contribution >= 0.6 is 0 Å². The first kappa shape index (κ1) is 31.0. The van der Waals surface area contributed by atoms with Gasteiger partial charge in [-0.15, -0.1) is 0 Å². The monoisotopic (exact) mass is 567 g/mol. The Balaban J connectivity index is 0.000000285. The lowest BCUT2D eigenvalue weighted by Crippen LogP contribution is -2.39. The average Bonchev–Trinajstić information content (AvgIpc) is 2.94. The molecular formula is C31H37NO7S. The van der Waals surface area contributed by atoms with Gasteiger partial charge in [-0.3, -0.25) is 4.18 Å². The fraction of sp³-hybridized carbons (Fsp3) is 0.355. The van der Waals surface area contributed by atoms with Crippen LogP contribution in [0.1, 0.15) is 75.4 Å². The molecule has 1 aliphatic rings. The van der Waals surface area contributed by atoms with E-state index in [4.69, 9.17) is 14.4 Å². The Bertz CT molecular complexity index is 1330. The molecule has 0 amide bonds. The van der Waals surface area contributed by atoms with Crippen LogP contribution in [0.2, 0.25) is 0 Å². The Morgan fingerprint density at radius 1 is 0.900 bits per heavy atom. The lowest BCUT2D eigenvalue weighted by atomic mass is 9.83. The molecule has 3 aromatic carbocycles. The van der Waals surface area contributed by atoms with Crippen molar-refractivity contribution in [3.63, 3.8) is 0 Å². The van der Waals surface area contributed by atoms with Crippen LogP contribution in [0, 0.1) is 13.8 Å². The second-order valence-electron chi connectivity index (χ2n) is 9.89. The van der Waals surface area contributed by atoms with Crippen molar-refractivity contribution in [1.29, 1.82) is 0 Å². The van der Waals surface area contributed by atoms with Crippen molar-refractivity contribution in [2.75, 3.05) is 13.2 Å². The smallest absolute Gasteiger partial charge is 0.335 e. The number of aromatic carboxylic acids is 2. The number of piperidine rings is 1. The Morgan fingerprint density at radius 3 is 2.08 bits per heavy atom. The number of carboxylic acids is 2. The maximum Gasteiger partial charge on any atom is 0.335 e. The van der Waals surface area contributed by atoms with Crippen LogP contribution in [-0.4, -0.2) is 49.8 Å². The van der Waals surface area contributed by atoms with Crippen molar-refractivity contribution < 1.29 is 32.4 Å². The van der Waals surface area contributed by atoms with Gasteiger partial charge in [0, 0.05) is 6.04 Å². The summed E-state index contributed by atoms with van der Waals surface area (Å²) in [6.45, 7) is 4.69. The van der Waals surface area contributed by atoms with Gasteiger partial charge in [0.25, 0.3) is 10.1 Å². The number of hydrogen-bond donors (Lipinski definition) is 3. The molecule has 1 heterocycles. The second-order valence-corrected chi connectivity index (χ2v) is 11.5. The molecule has 4 rings (SSSR count). The first-order valence-electron chi connectivity index (χ1n) is 13.4. The Morgan fingerprint density at radius 2 is 1.52 bits per heavy atom. The summed E-state index contributed by atoms with van der Waals surface area (Å²) >= 11 is 0. The molecule has 1 saturated heterocycles. The molecule has 0 aliphatic carbocycles. The normalized spacial score (nSPS) is 15.9. The summed E-state index contributed by atoms with van der Waals surface area (Å²) in [5.74, 6) is -1.83. The minimum absolute atomic E-state index is 0.0277. The summed E-state index contributed by atoms with van der Waals surface area (Å²) in [7, 11) is -3.68. The summed E-state index contributed by atoms with van der Waals surface area (Å²) in [6.07, 6.45) is 5.27. The average molecular weight is 568 g/mol. The van der Waals surface area contributed by atoms with Crippen molar-refractivity contribution in [3.05, 3.63) is 101 Å². The van der Waals surface area contributed by atoms with Gasteiger partial charge in [0.2, 0.25) is 0 Å². The maximum atomic E-state index is 12.3. The van der Waals surface area contributed by atoms with Gasteiger partial charge in [-0.1, -0.05) is 60.5 Å². The summed E-state index contributed by atoms with van der Waals surface area (Å²) in [5, 5.41) is 21.0. The zero-order valence-corrected chi connectivity index (χ0v) is 23.7. The van der Waals surface area contributed by atoms with Gasteiger partial charge in [0.15, 0.2) is 0 Å². The number of carbonyl (C=O) groups is 2. The first-order valence-corrected chi connectivity index (χ1v) is 14.8. The molecule has 0 radical (unpaired) electrons. The molecule has 0 aromatic heterocycles. The second kappa shape index (κ2) is 14.7. The van der Waals surface area contributed by atoms with Crippen LogP contribution in [0.15, 0.2) is 77.7 Å². The van der Waals surface area contributed by atoms with Crippen molar-refractivity contribution >= 4 is 22.1 Å². The van der Waals surface area contributed by atoms with Crippen LogP contribution in [0.5, 0.6) is 0 Å². The minimum atomic E-state index is -3.68. The van der Waals surface area contributed by atoms with Crippen molar-refractivity contribution in [1.82, 2.24) is 5.32 Å². The molecular weight excluding hydrogens is 530 g/mol. The summed E-state index contributed by atoms with van der Waals surface area (Å²) in [5.41, 5.74) is 2.68. The molecule has 3 aromatic rings. The molecule has 0 saturated carbocycles. The number of benzene rings is 3. The molecule has 40 heavy (non-hydrogen) atoms. The summed E-state index contributed by atoms with van der Waals surface area (Å²) in [4.78, 5) is 21.4. The highest BCUT2D eigenvalue weighted by Crippen LogP contribution is 2.29. The number of carboxylic acid groups (broad SMARTS) is 2. The number of rotatable bonds is 10. The van der Waals surface area contributed by atoms with Crippen LogP contribution in [0.25, 0.3) is 0 Å². The highest BCUT2D eigenvalue weighted by Gasteiger charge is 2.25. The standard InChI is InChI=1S/C22H29NO3S.C9H8O4/c1-18-12-14-20(15-13-18)27(24,25)26-17-7-10-21(19-8-3-2-4-9-19)22-11-5-6-16-23-22;1-5-6(8(10)11)3-2-4-7(5)9(12)13/h2-4,8-9,12-15,21-23H,5-7,10-11,16-17H2,1H3;2-4H,1H3,(H,10,11)(H,12,13). The van der Waals surface area contributed by atoms with Gasteiger partial charge in [0.05, 0.1) is 22.6 Å². The summed E-state index contributed by atoms with van der Waals surface area (Å²) in [6, 6.07) is 21.9. The molecule has 0 spiro atoms. The largest absolute Gasteiger partial charge is 0.478 e. The topological polar surface area (TPSA) is 130 Å². The molecule has 2 unspecified atom stereocenters. The number of aryl methyl sites for hydroxylation is 1. The van der Waals surface area contributed by atoms with Crippen molar-refractivity contribution in [2.45, 2.75) is 62.8 Å². The van der Waals surface area contributed by atoms with Crippen LogP contribution < -0.4 is 5.32 Å². The van der Waals surface area contributed by atoms with Gasteiger partial charge in [-0.05, 0) is 87.4 Å². The van der Waals surface area contributed by atoms with E-state index in [1.165, 1.54) is 49.9 Å². The van der Waals surface area contributed by atoms with E-state index in [0.29, 0.717) is 18.4 Å². The SMILES string of the molecule is Cc1c(C(=O)O)cccc1C(=O)O.Cc1ccc(S(=O)(=O)OCCCC(c2ccccc2)C2CCCCN2)cc1. The third-order valence-corrected chi connectivity index (χ3v) is 8.39. The van der Waals surface area contributed by atoms with E-state index in [1.54, 1.807) is 24.3 Å². The van der Waals surface area contributed by atoms with Gasteiger partial charge >= 0.3 is 11.9 Å². The van der Waals surface area contributed by atoms with E-state index in [0.717, 1.165) is 18.5 Å². The fourth-order valence-electron chi connectivity index (χ4n) is 4.87. The van der Waals surface area contributed by atoms with Gasteiger partial charge in [-0.25, -0.2) is 9.59 Å². The van der Waals surface area contributed by atoms with Crippen LogP contribution in [-0.2, 0) is 14.3 Å². The quantitative estimate of drug-likeness (QED) is 0.207. The third kappa shape index (κ3) is 8.74. The highest BCUT2D eigenvalue weighted by molar-refractivity contribution is 7.86. The fourth-order valence-corrected chi connectivity index (χ4v) is 5.81. The van der Waals surface area contributed by atoms with Crippen molar-refractivity contribution in [2.24, 2.45) is 0 Å². The molecule has 3 N–H and O–H groups in total. The highest BCUT2D eigenvalue weighted by atomic mass is 32.2. The van der Waals surface area contributed by atoms with Crippen LogP contribution in [0.4, 0.5) is 0 Å². The van der Waals surface area contributed by atoms with Crippen molar-refractivity contribution in [3.8, 4) is 0 Å². The van der Waals surface area contributed by atoms with Gasteiger partial charge < -0.3 is 15.5 Å². The molecule has 8 nitrogen and oxygen atoms in total. The zero-order valence-electron chi connectivity index (χ0n) is 22.9. The molecule has 1 aliphatic heterocycles. The number of nitrogens with one attached hydrogen (secondary N) is 1. The molecule has 0 bridgehead atoms. The van der Waals surface area contributed by atoms with E-state index >= 15 is 0 Å². The predicted molar refractivity (Wildman–Crippen MR) is 153 cm³/mol. The van der Waals surface area contributed by atoms with Crippen LogP contribution in [0.3, 0.4) is 0 Å². The maximum absolute atomic E-state index is 12.3. The predicted octanol–water partition coefficient (Wildman–Crippen LogP) is 5.80. The minimum Gasteiger partial charge on any atom is -0.478 e. The Hall–Kier alpha value is -3.53. The molecule has 214 valence electrons. The summed E-state index contributed by atoms with van der Waals surface area (Å²) < 4.78 is 29.9. The van der Waals surface area contributed by atoms with E-state index in [9.17, 15) is 18.0 Å². The molecule has 1 fully saturated rings. The number of hydrogen-bond acceptors (Lipinski definition) is 6. The lowest BCUT2D eigenvalue weighted by molar-refractivity contribution is 0.0696. The van der Waals surface area contributed by atoms with E-state index in [1.807, 2.05) is 13.0 Å². The zero-order chi connectivity index (χ0) is 29.1. The van der Waals surface area contributed by atoms with E-state index < -0.39 is 22.1 Å². The third-order valence-electron chi connectivity index (χ3n) is 7.06. The Labute approximate surface area is 236 Å². The van der Waals surface area contributed by atoms with Gasteiger partial charge in [0.1, 0.15) is 0 Å². The first-order chi connectivity index (χ1) is 19.1. The Kier molecular flexibility index (Phi) is 11.4. The van der Waals surface area contributed by atoms with E-state index in [-0.39, 0.29) is 28.2 Å². The molecule has 2 atom stereocenters. The van der Waals surface area contributed by atoms with E-state index in [2.05, 4.69) is 29.6 Å². The molecule has 9 heteroatoms. The lowest BCUT2D eigenvalue weighted by Gasteiger charge is -2.32. The van der Waals surface area contributed by atoms with Gasteiger partial charge in [-0.2, -0.15) is 8.42 Å².